The van der Waals surface area contributed by atoms with Gasteiger partial charge < -0.3 is 9.84 Å². The van der Waals surface area contributed by atoms with Crippen LogP contribution in [0.5, 0.6) is 5.75 Å². The van der Waals surface area contributed by atoms with E-state index in [1.165, 1.54) is 17.8 Å². The molecule has 0 aromatic heterocycles. The number of phenols is 1. The molecule has 2 aromatic rings. The highest BCUT2D eigenvalue weighted by Crippen LogP contribution is 2.35. The van der Waals surface area contributed by atoms with Crippen LogP contribution in [0.2, 0.25) is 5.02 Å². The Hall–Kier alpha value is -2.28. The Morgan fingerprint density at radius 1 is 1.27 bits per heavy atom. The molecule has 5 nitrogen and oxygen atoms in total. The van der Waals surface area contributed by atoms with Crippen LogP contribution in [0.3, 0.4) is 0 Å². The minimum atomic E-state index is -0.133. The van der Waals surface area contributed by atoms with Gasteiger partial charge in [-0.3, -0.25) is 9.69 Å². The number of ether oxygens (including phenoxy) is 1. The molecule has 0 saturated carbocycles. The summed E-state index contributed by atoms with van der Waals surface area (Å²) < 4.78 is 5.11. The van der Waals surface area contributed by atoms with Gasteiger partial charge in [0.2, 0.25) is 0 Å². The molecular formula is C19H17ClN2O3S. The van der Waals surface area contributed by atoms with E-state index in [0.717, 1.165) is 11.3 Å². The van der Waals surface area contributed by atoms with Crippen LogP contribution >= 0.6 is 23.4 Å². The molecule has 134 valence electrons. The van der Waals surface area contributed by atoms with Crippen LogP contribution < -0.4 is 0 Å². The van der Waals surface area contributed by atoms with E-state index in [-0.39, 0.29) is 16.7 Å². The Labute approximate surface area is 160 Å². The van der Waals surface area contributed by atoms with E-state index in [4.69, 9.17) is 16.3 Å². The third-order valence-electron chi connectivity index (χ3n) is 3.66. The number of aromatic hydroxyl groups is 1. The number of hydrogen-bond donors (Lipinski definition) is 1. The lowest BCUT2D eigenvalue weighted by Crippen LogP contribution is -2.32. The van der Waals surface area contributed by atoms with Gasteiger partial charge in [0.05, 0.1) is 28.8 Å². The predicted octanol–water partition coefficient (Wildman–Crippen LogP) is 4.30. The molecule has 7 heteroatoms. The zero-order chi connectivity index (χ0) is 18.5. The lowest BCUT2D eigenvalue weighted by Gasteiger charge is -2.14. The first-order valence-electron chi connectivity index (χ1n) is 7.91. The van der Waals surface area contributed by atoms with Crippen molar-refractivity contribution in [2.45, 2.75) is 0 Å². The van der Waals surface area contributed by atoms with E-state index in [0.29, 0.717) is 23.2 Å². The normalized spacial score (nSPS) is 17.5. The fourth-order valence-electron chi connectivity index (χ4n) is 2.35. The SMILES string of the molecule is COCCN1C(=O)/C(=C/c2ccc(O)c(Cl)c2)SC1=Nc1ccccc1. The summed E-state index contributed by atoms with van der Waals surface area (Å²) in [5, 5.41) is 10.4. The van der Waals surface area contributed by atoms with Gasteiger partial charge in [0, 0.05) is 7.11 Å². The summed E-state index contributed by atoms with van der Waals surface area (Å²) in [4.78, 5) is 19.5. The molecule has 0 spiro atoms. The number of amides is 1. The molecule has 1 saturated heterocycles. The van der Waals surface area contributed by atoms with Crippen LogP contribution in [0.1, 0.15) is 5.56 Å². The summed E-state index contributed by atoms with van der Waals surface area (Å²) >= 11 is 7.25. The molecule has 1 aliphatic heterocycles. The number of nitrogens with zero attached hydrogens (tertiary/aromatic N) is 2. The van der Waals surface area contributed by atoms with Crippen molar-refractivity contribution in [2.75, 3.05) is 20.3 Å². The predicted molar refractivity (Wildman–Crippen MR) is 106 cm³/mol. The summed E-state index contributed by atoms with van der Waals surface area (Å²) in [6.07, 6.45) is 1.74. The maximum Gasteiger partial charge on any atom is 0.266 e. The van der Waals surface area contributed by atoms with Gasteiger partial charge in [-0.2, -0.15) is 0 Å². The average Bonchev–Trinajstić information content (AvgIpc) is 2.92. The third-order valence-corrected chi connectivity index (χ3v) is 4.97. The molecule has 0 atom stereocenters. The van der Waals surface area contributed by atoms with E-state index in [2.05, 4.69) is 4.99 Å². The quantitative estimate of drug-likeness (QED) is 0.776. The molecule has 1 amide bonds. The number of phenolic OH excluding ortho intramolecular Hbond substituents is 1. The van der Waals surface area contributed by atoms with Gasteiger partial charge in [0.15, 0.2) is 5.17 Å². The number of halogens is 1. The van der Waals surface area contributed by atoms with Crippen molar-refractivity contribution in [3.05, 3.63) is 64.0 Å². The van der Waals surface area contributed by atoms with E-state index in [9.17, 15) is 9.90 Å². The summed E-state index contributed by atoms with van der Waals surface area (Å²) in [6, 6.07) is 14.3. The Morgan fingerprint density at radius 2 is 2.04 bits per heavy atom. The van der Waals surface area contributed by atoms with Crippen molar-refractivity contribution in [3.8, 4) is 5.75 Å². The molecule has 2 aromatic carbocycles. The largest absolute Gasteiger partial charge is 0.506 e. The molecule has 0 bridgehead atoms. The van der Waals surface area contributed by atoms with Gasteiger partial charge in [-0.25, -0.2) is 4.99 Å². The van der Waals surface area contributed by atoms with Crippen LogP contribution in [0, 0.1) is 0 Å². The van der Waals surface area contributed by atoms with Crippen LogP contribution in [-0.2, 0) is 9.53 Å². The molecule has 0 aliphatic carbocycles. The minimum Gasteiger partial charge on any atom is -0.506 e. The van der Waals surface area contributed by atoms with Crippen molar-refractivity contribution in [3.63, 3.8) is 0 Å². The summed E-state index contributed by atoms with van der Waals surface area (Å²) in [7, 11) is 1.59. The lowest BCUT2D eigenvalue weighted by molar-refractivity contribution is -0.122. The van der Waals surface area contributed by atoms with Crippen LogP contribution in [0.4, 0.5) is 5.69 Å². The number of carbonyl (C=O) groups excluding carboxylic acids is 1. The maximum atomic E-state index is 12.8. The molecule has 1 N–H and O–H groups in total. The highest BCUT2D eigenvalue weighted by atomic mass is 35.5. The molecular weight excluding hydrogens is 372 g/mol. The number of amidine groups is 1. The van der Waals surface area contributed by atoms with Crippen LogP contribution in [0.15, 0.2) is 58.4 Å². The van der Waals surface area contributed by atoms with Crippen LogP contribution in [-0.4, -0.2) is 41.3 Å². The first kappa shape index (κ1) is 18.5. The number of thioether (sulfide) groups is 1. The fourth-order valence-corrected chi connectivity index (χ4v) is 3.56. The van der Waals surface area contributed by atoms with Crippen LogP contribution in [0.25, 0.3) is 6.08 Å². The first-order chi connectivity index (χ1) is 12.6. The van der Waals surface area contributed by atoms with Crippen molar-refractivity contribution in [2.24, 2.45) is 4.99 Å². The van der Waals surface area contributed by atoms with Crippen molar-refractivity contribution >= 4 is 46.2 Å². The number of aliphatic imine (C=N–C) groups is 1. The first-order valence-corrected chi connectivity index (χ1v) is 9.10. The van der Waals surface area contributed by atoms with Gasteiger partial charge in [0.25, 0.3) is 5.91 Å². The minimum absolute atomic E-state index is 0.00673. The molecule has 0 radical (unpaired) electrons. The number of rotatable bonds is 5. The molecule has 26 heavy (non-hydrogen) atoms. The zero-order valence-corrected chi connectivity index (χ0v) is 15.6. The van der Waals surface area contributed by atoms with Crippen molar-refractivity contribution in [1.29, 1.82) is 0 Å². The number of benzene rings is 2. The lowest BCUT2D eigenvalue weighted by atomic mass is 10.2. The van der Waals surface area contributed by atoms with Gasteiger partial charge in [0.1, 0.15) is 5.75 Å². The van der Waals surface area contributed by atoms with E-state index < -0.39 is 0 Å². The highest BCUT2D eigenvalue weighted by Gasteiger charge is 2.33. The number of carbonyl (C=O) groups is 1. The van der Waals surface area contributed by atoms with E-state index in [1.807, 2.05) is 30.3 Å². The monoisotopic (exact) mass is 388 g/mol. The van der Waals surface area contributed by atoms with E-state index >= 15 is 0 Å². The highest BCUT2D eigenvalue weighted by molar-refractivity contribution is 8.18. The number of methoxy groups -OCH3 is 1. The van der Waals surface area contributed by atoms with Crippen molar-refractivity contribution < 1.29 is 14.6 Å². The van der Waals surface area contributed by atoms with Gasteiger partial charge in [-0.15, -0.1) is 0 Å². The molecule has 3 rings (SSSR count). The molecule has 1 heterocycles. The Kier molecular flexibility index (Phi) is 5.98. The maximum absolute atomic E-state index is 12.8. The Bertz CT molecular complexity index is 868. The fraction of sp³-hybridized carbons (Fsp3) is 0.158. The van der Waals surface area contributed by atoms with E-state index in [1.54, 1.807) is 30.2 Å². The van der Waals surface area contributed by atoms with Gasteiger partial charge in [-0.1, -0.05) is 35.9 Å². The molecule has 0 unspecified atom stereocenters. The second-order valence-electron chi connectivity index (χ2n) is 5.50. The topological polar surface area (TPSA) is 62.1 Å². The Balaban J connectivity index is 1.93. The second-order valence-corrected chi connectivity index (χ2v) is 6.92. The smallest absolute Gasteiger partial charge is 0.266 e. The van der Waals surface area contributed by atoms with Gasteiger partial charge in [-0.05, 0) is 47.7 Å². The summed E-state index contributed by atoms with van der Waals surface area (Å²) in [5.74, 6) is -0.127. The number of para-hydroxylation sites is 1. The van der Waals surface area contributed by atoms with Gasteiger partial charge >= 0.3 is 0 Å². The molecule has 1 aliphatic rings. The summed E-state index contributed by atoms with van der Waals surface area (Å²) in [5.41, 5.74) is 1.51. The Morgan fingerprint density at radius 3 is 2.73 bits per heavy atom. The van der Waals surface area contributed by atoms with Crippen molar-refractivity contribution in [1.82, 2.24) is 4.90 Å². The second kappa shape index (κ2) is 8.40. The average molecular weight is 389 g/mol. The summed E-state index contributed by atoms with van der Waals surface area (Å²) in [6.45, 7) is 0.833. The standard InChI is InChI=1S/C19H17ClN2O3S/c1-25-10-9-22-18(24)17(12-13-7-8-16(23)15(20)11-13)26-19(22)21-14-5-3-2-4-6-14/h2-8,11-12,23H,9-10H2,1H3/b17-12-,21-19?. The molecule has 1 fully saturated rings. The third kappa shape index (κ3) is 4.27. The number of hydrogen-bond acceptors (Lipinski definition) is 5. The zero-order valence-electron chi connectivity index (χ0n) is 14.1.